The summed E-state index contributed by atoms with van der Waals surface area (Å²) in [5, 5.41) is 0.924. The van der Waals surface area contributed by atoms with Crippen LogP contribution in [0.15, 0.2) is 54.6 Å². The summed E-state index contributed by atoms with van der Waals surface area (Å²) in [6, 6.07) is 18.1. The zero-order valence-corrected chi connectivity index (χ0v) is 17.2. The number of ether oxygens (including phenoxy) is 1. The molecule has 1 amide bonds. The molecular weight excluding hydrogens is 360 g/mol. The summed E-state index contributed by atoms with van der Waals surface area (Å²) in [4.78, 5) is 20.5. The van der Waals surface area contributed by atoms with Gasteiger partial charge in [-0.1, -0.05) is 25.1 Å². The number of pyridine rings is 1. The molecule has 1 saturated heterocycles. The molecule has 1 fully saturated rings. The first-order chi connectivity index (χ1) is 14.2. The highest BCUT2D eigenvalue weighted by atomic mass is 16.5. The molecule has 2 heterocycles. The van der Waals surface area contributed by atoms with Gasteiger partial charge in [-0.05, 0) is 69.0 Å². The fraction of sp³-hybridized carbons (Fsp3) is 0.360. The maximum absolute atomic E-state index is 13.6. The number of amides is 1. The van der Waals surface area contributed by atoms with Crippen molar-refractivity contribution in [3.8, 4) is 17.0 Å². The topological polar surface area (TPSA) is 42.4 Å². The third-order valence-corrected chi connectivity index (χ3v) is 5.77. The van der Waals surface area contributed by atoms with E-state index in [1.807, 2.05) is 61.5 Å². The first-order valence-electron chi connectivity index (χ1n) is 10.6. The highest BCUT2D eigenvalue weighted by Gasteiger charge is 2.27. The molecule has 0 radical (unpaired) electrons. The van der Waals surface area contributed by atoms with Gasteiger partial charge in [0.1, 0.15) is 5.75 Å². The second-order valence-electron chi connectivity index (χ2n) is 7.59. The van der Waals surface area contributed by atoms with E-state index in [-0.39, 0.29) is 5.91 Å². The van der Waals surface area contributed by atoms with Gasteiger partial charge in [-0.3, -0.25) is 4.79 Å². The number of fused-ring (bicyclic) bond motifs is 1. The Morgan fingerprint density at radius 3 is 2.66 bits per heavy atom. The Morgan fingerprint density at radius 1 is 1.10 bits per heavy atom. The van der Waals surface area contributed by atoms with Crippen molar-refractivity contribution in [2.75, 3.05) is 13.2 Å². The number of para-hydroxylation sites is 1. The number of aromatic nitrogens is 1. The maximum atomic E-state index is 13.6. The Balaban J connectivity index is 1.77. The zero-order chi connectivity index (χ0) is 20.2. The van der Waals surface area contributed by atoms with Crippen LogP contribution in [0.1, 0.15) is 49.9 Å². The highest BCUT2D eigenvalue weighted by Crippen LogP contribution is 2.29. The van der Waals surface area contributed by atoms with Gasteiger partial charge in [-0.2, -0.15) is 0 Å². The van der Waals surface area contributed by atoms with E-state index < -0.39 is 0 Å². The van der Waals surface area contributed by atoms with E-state index in [0.717, 1.165) is 59.3 Å². The first kappa shape index (κ1) is 19.4. The van der Waals surface area contributed by atoms with Gasteiger partial charge in [0.25, 0.3) is 5.91 Å². The lowest BCUT2D eigenvalue weighted by Gasteiger charge is -2.35. The van der Waals surface area contributed by atoms with Gasteiger partial charge in [0.15, 0.2) is 0 Å². The number of piperidine rings is 1. The molecule has 1 aliphatic heterocycles. The molecule has 0 aliphatic carbocycles. The van der Waals surface area contributed by atoms with Crippen LogP contribution in [0.5, 0.6) is 5.75 Å². The average Bonchev–Trinajstić information content (AvgIpc) is 2.78. The minimum atomic E-state index is 0.127. The number of rotatable bonds is 5. The van der Waals surface area contributed by atoms with Crippen molar-refractivity contribution < 1.29 is 9.53 Å². The van der Waals surface area contributed by atoms with Crippen LogP contribution >= 0.6 is 0 Å². The molecule has 2 aromatic carbocycles. The summed E-state index contributed by atoms with van der Waals surface area (Å²) in [6.07, 6.45) is 4.38. The molecular formula is C25H28N2O2. The molecule has 4 rings (SSSR count). The summed E-state index contributed by atoms with van der Waals surface area (Å²) in [7, 11) is 0. The molecule has 0 spiro atoms. The highest BCUT2D eigenvalue weighted by molar-refractivity contribution is 6.07. The monoisotopic (exact) mass is 388 g/mol. The lowest BCUT2D eigenvalue weighted by Crippen LogP contribution is -2.43. The lowest BCUT2D eigenvalue weighted by molar-refractivity contribution is 0.0610. The first-order valence-corrected chi connectivity index (χ1v) is 10.6. The SMILES string of the molecule is CCOc1ccc(-c2cc(C(=O)N3CCCC[C@H]3CC)c3ccccc3n2)cc1. The Labute approximate surface area is 172 Å². The predicted octanol–water partition coefficient (Wildman–Crippen LogP) is 5.71. The number of benzene rings is 2. The number of carbonyl (C=O) groups excluding carboxylic acids is 1. The number of hydrogen-bond acceptors (Lipinski definition) is 3. The minimum Gasteiger partial charge on any atom is -0.494 e. The number of carbonyl (C=O) groups is 1. The van der Waals surface area contributed by atoms with Crippen molar-refractivity contribution in [2.24, 2.45) is 0 Å². The van der Waals surface area contributed by atoms with Crippen LogP contribution in [-0.4, -0.2) is 35.0 Å². The average molecular weight is 389 g/mol. The quantitative estimate of drug-likeness (QED) is 0.563. The van der Waals surface area contributed by atoms with Crippen LogP contribution in [0.25, 0.3) is 22.2 Å². The van der Waals surface area contributed by atoms with Crippen LogP contribution in [0, 0.1) is 0 Å². The summed E-state index contributed by atoms with van der Waals surface area (Å²) in [6.45, 7) is 5.63. The summed E-state index contributed by atoms with van der Waals surface area (Å²) < 4.78 is 5.55. The van der Waals surface area contributed by atoms with Gasteiger partial charge < -0.3 is 9.64 Å². The number of likely N-dealkylation sites (tertiary alicyclic amines) is 1. The van der Waals surface area contributed by atoms with Gasteiger partial charge in [0, 0.05) is 23.5 Å². The van der Waals surface area contributed by atoms with Crippen molar-refractivity contribution in [2.45, 2.75) is 45.6 Å². The molecule has 1 aromatic heterocycles. The molecule has 150 valence electrons. The third-order valence-electron chi connectivity index (χ3n) is 5.77. The van der Waals surface area contributed by atoms with Crippen molar-refractivity contribution in [3.63, 3.8) is 0 Å². The van der Waals surface area contributed by atoms with E-state index in [4.69, 9.17) is 9.72 Å². The van der Waals surface area contributed by atoms with Crippen molar-refractivity contribution in [1.82, 2.24) is 9.88 Å². The lowest BCUT2D eigenvalue weighted by atomic mass is 9.97. The van der Waals surface area contributed by atoms with E-state index in [9.17, 15) is 4.79 Å². The molecule has 4 nitrogen and oxygen atoms in total. The van der Waals surface area contributed by atoms with E-state index in [1.54, 1.807) is 0 Å². The Hall–Kier alpha value is -2.88. The molecule has 1 atom stereocenters. The molecule has 29 heavy (non-hydrogen) atoms. The molecule has 0 saturated carbocycles. The number of hydrogen-bond donors (Lipinski definition) is 0. The second kappa shape index (κ2) is 8.64. The number of nitrogens with zero attached hydrogens (tertiary/aromatic N) is 2. The van der Waals surface area contributed by atoms with Crippen LogP contribution in [0.3, 0.4) is 0 Å². The van der Waals surface area contributed by atoms with E-state index in [0.29, 0.717) is 12.6 Å². The van der Waals surface area contributed by atoms with Crippen molar-refractivity contribution in [3.05, 3.63) is 60.2 Å². The maximum Gasteiger partial charge on any atom is 0.254 e. The van der Waals surface area contributed by atoms with Crippen LogP contribution in [-0.2, 0) is 0 Å². The fourth-order valence-corrected chi connectivity index (χ4v) is 4.24. The molecule has 1 aliphatic rings. The standard InChI is InChI=1S/C25H28N2O2/c1-3-19-9-7-8-16-27(19)25(28)22-17-24(26-23-11-6-5-10-21(22)23)18-12-14-20(15-13-18)29-4-2/h5-6,10-15,17,19H,3-4,7-9,16H2,1-2H3/t19-/m1/s1. The summed E-state index contributed by atoms with van der Waals surface area (Å²) >= 11 is 0. The van der Waals surface area contributed by atoms with Gasteiger partial charge >= 0.3 is 0 Å². The predicted molar refractivity (Wildman–Crippen MR) is 117 cm³/mol. The molecule has 4 heteroatoms. The normalized spacial score (nSPS) is 16.8. The smallest absolute Gasteiger partial charge is 0.254 e. The van der Waals surface area contributed by atoms with Gasteiger partial charge in [0.2, 0.25) is 0 Å². The third kappa shape index (κ3) is 3.98. The minimum absolute atomic E-state index is 0.127. The van der Waals surface area contributed by atoms with Crippen LogP contribution in [0.2, 0.25) is 0 Å². The van der Waals surface area contributed by atoms with Gasteiger partial charge in [-0.25, -0.2) is 4.98 Å². The van der Waals surface area contributed by atoms with Gasteiger partial charge in [0.05, 0.1) is 23.4 Å². The molecule has 3 aromatic rings. The van der Waals surface area contributed by atoms with Gasteiger partial charge in [-0.15, -0.1) is 0 Å². The van der Waals surface area contributed by atoms with E-state index >= 15 is 0 Å². The van der Waals surface area contributed by atoms with E-state index in [1.165, 1.54) is 6.42 Å². The Kier molecular flexibility index (Phi) is 5.79. The molecule has 0 bridgehead atoms. The molecule has 0 unspecified atom stereocenters. The van der Waals surface area contributed by atoms with Crippen LogP contribution in [0.4, 0.5) is 0 Å². The Morgan fingerprint density at radius 2 is 1.90 bits per heavy atom. The zero-order valence-electron chi connectivity index (χ0n) is 17.2. The Bertz CT molecular complexity index is 997. The summed E-state index contributed by atoms with van der Waals surface area (Å²) in [5.41, 5.74) is 3.41. The van der Waals surface area contributed by atoms with Crippen molar-refractivity contribution in [1.29, 1.82) is 0 Å². The van der Waals surface area contributed by atoms with Crippen molar-refractivity contribution >= 4 is 16.8 Å². The van der Waals surface area contributed by atoms with E-state index in [2.05, 4.69) is 11.8 Å². The largest absolute Gasteiger partial charge is 0.494 e. The fourth-order valence-electron chi connectivity index (χ4n) is 4.24. The summed E-state index contributed by atoms with van der Waals surface area (Å²) in [5.74, 6) is 0.967. The second-order valence-corrected chi connectivity index (χ2v) is 7.59. The van der Waals surface area contributed by atoms with Crippen LogP contribution < -0.4 is 4.74 Å². The molecule has 0 N–H and O–H groups in total.